The molecule has 2 rings (SSSR count). The van der Waals surface area contributed by atoms with E-state index in [4.69, 9.17) is 15.2 Å². The van der Waals surface area contributed by atoms with E-state index in [1.807, 2.05) is 18.3 Å². The maximum atomic E-state index is 6.09. The Morgan fingerprint density at radius 1 is 1.29 bits per heavy atom. The van der Waals surface area contributed by atoms with Crippen molar-refractivity contribution in [2.45, 2.75) is 19.4 Å². The number of nitrogens with two attached hydrogens (primary N) is 1. The van der Waals surface area contributed by atoms with E-state index in [9.17, 15) is 0 Å². The van der Waals surface area contributed by atoms with Gasteiger partial charge >= 0.3 is 0 Å². The average Bonchev–Trinajstić information content (AvgIpc) is 2.80. The van der Waals surface area contributed by atoms with E-state index in [1.165, 1.54) is 0 Å². The molecule has 0 aliphatic rings. The molecular formula is C13H18N2O2. The molecule has 0 bridgehead atoms. The maximum absolute atomic E-state index is 6.09. The van der Waals surface area contributed by atoms with Gasteiger partial charge in [-0.3, -0.25) is 0 Å². The molecule has 92 valence electrons. The number of hydrogen-bond acceptors (Lipinski definition) is 3. The molecule has 0 fully saturated rings. The van der Waals surface area contributed by atoms with Crippen molar-refractivity contribution in [3.8, 4) is 11.5 Å². The summed E-state index contributed by atoms with van der Waals surface area (Å²) in [5, 5.41) is 1.07. The Morgan fingerprint density at radius 3 is 2.65 bits per heavy atom. The van der Waals surface area contributed by atoms with Gasteiger partial charge in [0.05, 0.1) is 19.7 Å². The largest absolute Gasteiger partial charge is 0.497 e. The standard InChI is InChI=1S/C13H18N2O2/c1-4-11(14)10-7-15-13-9(10)5-8(16-2)6-12(13)17-3/h5-7,11,15H,4,14H2,1-3H3. The normalized spacial score (nSPS) is 12.7. The highest BCUT2D eigenvalue weighted by Crippen LogP contribution is 2.34. The Bertz CT molecular complexity index is 519. The van der Waals surface area contributed by atoms with Crippen molar-refractivity contribution in [2.75, 3.05) is 14.2 Å². The van der Waals surface area contributed by atoms with Gasteiger partial charge in [-0.25, -0.2) is 0 Å². The maximum Gasteiger partial charge on any atom is 0.146 e. The predicted octanol–water partition coefficient (Wildman–Crippen LogP) is 2.59. The summed E-state index contributed by atoms with van der Waals surface area (Å²) < 4.78 is 10.6. The number of fused-ring (bicyclic) bond motifs is 1. The van der Waals surface area contributed by atoms with Crippen LogP contribution in [0, 0.1) is 0 Å². The van der Waals surface area contributed by atoms with Crippen molar-refractivity contribution in [1.29, 1.82) is 0 Å². The molecule has 0 spiro atoms. The van der Waals surface area contributed by atoms with Gasteiger partial charge in [-0.1, -0.05) is 6.92 Å². The first-order chi connectivity index (χ1) is 8.21. The van der Waals surface area contributed by atoms with Gasteiger partial charge in [-0.05, 0) is 18.1 Å². The summed E-state index contributed by atoms with van der Waals surface area (Å²) in [5.41, 5.74) is 8.15. The second-order valence-electron chi connectivity index (χ2n) is 4.01. The SMILES string of the molecule is CCC(N)c1c[nH]c2c(OC)cc(OC)cc12. The van der Waals surface area contributed by atoms with Crippen molar-refractivity contribution in [3.05, 3.63) is 23.9 Å². The number of aromatic nitrogens is 1. The van der Waals surface area contributed by atoms with E-state index >= 15 is 0 Å². The Labute approximate surface area is 101 Å². The van der Waals surface area contributed by atoms with Crippen LogP contribution in [0.5, 0.6) is 11.5 Å². The molecule has 1 heterocycles. The first-order valence-electron chi connectivity index (χ1n) is 5.69. The second kappa shape index (κ2) is 4.67. The lowest BCUT2D eigenvalue weighted by atomic mass is 10.0. The summed E-state index contributed by atoms with van der Waals surface area (Å²) in [7, 11) is 3.29. The van der Waals surface area contributed by atoms with E-state index in [-0.39, 0.29) is 6.04 Å². The Balaban J connectivity index is 2.65. The smallest absolute Gasteiger partial charge is 0.146 e. The number of nitrogens with one attached hydrogen (secondary N) is 1. The molecule has 4 heteroatoms. The summed E-state index contributed by atoms with van der Waals surface area (Å²) in [4.78, 5) is 3.21. The molecule has 0 saturated heterocycles. The van der Waals surface area contributed by atoms with Gasteiger partial charge in [0.25, 0.3) is 0 Å². The monoisotopic (exact) mass is 234 g/mol. The quantitative estimate of drug-likeness (QED) is 0.854. The number of methoxy groups -OCH3 is 2. The van der Waals surface area contributed by atoms with Crippen LogP contribution in [0.15, 0.2) is 18.3 Å². The third-order valence-electron chi connectivity index (χ3n) is 3.05. The number of rotatable bonds is 4. The summed E-state index contributed by atoms with van der Waals surface area (Å²) in [6, 6.07) is 3.87. The summed E-state index contributed by atoms with van der Waals surface area (Å²) >= 11 is 0. The lowest BCUT2D eigenvalue weighted by molar-refractivity contribution is 0.397. The average molecular weight is 234 g/mol. The minimum Gasteiger partial charge on any atom is -0.497 e. The Morgan fingerprint density at radius 2 is 2.06 bits per heavy atom. The zero-order valence-corrected chi connectivity index (χ0v) is 10.4. The zero-order chi connectivity index (χ0) is 12.4. The van der Waals surface area contributed by atoms with Gasteiger partial charge in [0.1, 0.15) is 11.5 Å². The molecule has 0 aliphatic heterocycles. The summed E-state index contributed by atoms with van der Waals surface area (Å²) in [6.07, 6.45) is 2.84. The minimum atomic E-state index is 0.0283. The fourth-order valence-corrected chi connectivity index (χ4v) is 2.00. The molecule has 3 N–H and O–H groups in total. The van der Waals surface area contributed by atoms with E-state index in [0.717, 1.165) is 34.4 Å². The predicted molar refractivity (Wildman–Crippen MR) is 68.6 cm³/mol. The number of aromatic amines is 1. The molecule has 1 atom stereocenters. The molecule has 2 aromatic rings. The van der Waals surface area contributed by atoms with E-state index in [1.54, 1.807) is 14.2 Å². The van der Waals surface area contributed by atoms with Gasteiger partial charge in [0, 0.05) is 23.7 Å². The number of H-pyrrole nitrogens is 1. The fraction of sp³-hybridized carbons (Fsp3) is 0.385. The fourth-order valence-electron chi connectivity index (χ4n) is 2.00. The topological polar surface area (TPSA) is 60.3 Å². The third kappa shape index (κ3) is 1.96. The Hall–Kier alpha value is -1.68. The highest BCUT2D eigenvalue weighted by Gasteiger charge is 2.14. The highest BCUT2D eigenvalue weighted by atomic mass is 16.5. The summed E-state index contributed by atoms with van der Waals surface area (Å²) in [6.45, 7) is 2.07. The van der Waals surface area contributed by atoms with Crippen molar-refractivity contribution in [2.24, 2.45) is 5.73 Å². The molecule has 0 saturated carbocycles. The van der Waals surface area contributed by atoms with Crippen LogP contribution in [-0.2, 0) is 0 Å². The third-order valence-corrected chi connectivity index (χ3v) is 3.05. The van der Waals surface area contributed by atoms with Gasteiger partial charge in [-0.2, -0.15) is 0 Å². The first-order valence-corrected chi connectivity index (χ1v) is 5.69. The number of benzene rings is 1. The van der Waals surface area contributed by atoms with Gasteiger partial charge < -0.3 is 20.2 Å². The molecule has 1 unspecified atom stereocenters. The van der Waals surface area contributed by atoms with Crippen LogP contribution in [0.25, 0.3) is 10.9 Å². The zero-order valence-electron chi connectivity index (χ0n) is 10.4. The first kappa shape index (κ1) is 11.8. The summed E-state index contributed by atoms with van der Waals surface area (Å²) in [5.74, 6) is 1.55. The van der Waals surface area contributed by atoms with Gasteiger partial charge in [0.2, 0.25) is 0 Å². The molecule has 0 aliphatic carbocycles. The second-order valence-corrected chi connectivity index (χ2v) is 4.01. The Kier molecular flexibility index (Phi) is 3.24. The van der Waals surface area contributed by atoms with Crippen molar-refractivity contribution in [3.63, 3.8) is 0 Å². The molecule has 4 nitrogen and oxygen atoms in total. The van der Waals surface area contributed by atoms with E-state index < -0.39 is 0 Å². The van der Waals surface area contributed by atoms with Crippen LogP contribution in [0.1, 0.15) is 24.9 Å². The molecule has 1 aromatic carbocycles. The van der Waals surface area contributed by atoms with Gasteiger partial charge in [-0.15, -0.1) is 0 Å². The minimum absolute atomic E-state index is 0.0283. The van der Waals surface area contributed by atoms with Crippen LogP contribution in [0.3, 0.4) is 0 Å². The van der Waals surface area contributed by atoms with Crippen molar-refractivity contribution in [1.82, 2.24) is 4.98 Å². The van der Waals surface area contributed by atoms with E-state index in [2.05, 4.69) is 11.9 Å². The van der Waals surface area contributed by atoms with Crippen molar-refractivity contribution >= 4 is 10.9 Å². The van der Waals surface area contributed by atoms with Crippen LogP contribution < -0.4 is 15.2 Å². The molecular weight excluding hydrogens is 216 g/mol. The molecule has 17 heavy (non-hydrogen) atoms. The van der Waals surface area contributed by atoms with Crippen LogP contribution in [0.4, 0.5) is 0 Å². The van der Waals surface area contributed by atoms with Crippen LogP contribution >= 0.6 is 0 Å². The lowest BCUT2D eigenvalue weighted by Gasteiger charge is -2.09. The van der Waals surface area contributed by atoms with E-state index in [0.29, 0.717) is 0 Å². The van der Waals surface area contributed by atoms with Crippen LogP contribution in [0.2, 0.25) is 0 Å². The highest BCUT2D eigenvalue weighted by molar-refractivity contribution is 5.90. The van der Waals surface area contributed by atoms with Crippen molar-refractivity contribution < 1.29 is 9.47 Å². The number of hydrogen-bond donors (Lipinski definition) is 2. The number of ether oxygens (including phenoxy) is 2. The lowest BCUT2D eigenvalue weighted by Crippen LogP contribution is -2.07. The van der Waals surface area contributed by atoms with Crippen LogP contribution in [-0.4, -0.2) is 19.2 Å². The molecule has 1 aromatic heterocycles. The molecule has 0 radical (unpaired) electrons. The van der Waals surface area contributed by atoms with Gasteiger partial charge in [0.15, 0.2) is 0 Å². The molecule has 0 amide bonds.